The molecule has 2 N–H and O–H groups in total. The Morgan fingerprint density at radius 3 is 2.45 bits per heavy atom. The van der Waals surface area contributed by atoms with Crippen molar-refractivity contribution in [3.8, 4) is 11.6 Å². The predicted octanol–water partition coefficient (Wildman–Crippen LogP) is 4.31. The largest absolute Gasteiger partial charge is 0.438 e. The molecule has 0 spiro atoms. The van der Waals surface area contributed by atoms with Crippen molar-refractivity contribution in [3.05, 3.63) is 52.7 Å². The highest BCUT2D eigenvalue weighted by Gasteiger charge is 2.18. The minimum absolute atomic E-state index is 0.123. The van der Waals surface area contributed by atoms with Crippen LogP contribution in [-0.2, 0) is 5.41 Å². The molecule has 0 fully saturated rings. The van der Waals surface area contributed by atoms with Gasteiger partial charge in [0.05, 0.1) is 5.56 Å². The Balaban J connectivity index is 2.19. The SMILES string of the molecule is CCC(C)(C)c1ccc(Oc2ncc(C(N)=O)cc2Cl)cc1. The van der Waals surface area contributed by atoms with Gasteiger partial charge >= 0.3 is 0 Å². The molecule has 0 atom stereocenters. The van der Waals surface area contributed by atoms with Gasteiger partial charge in [-0.15, -0.1) is 0 Å². The van der Waals surface area contributed by atoms with Crippen LogP contribution in [0.15, 0.2) is 36.5 Å². The predicted molar refractivity (Wildman–Crippen MR) is 87.6 cm³/mol. The summed E-state index contributed by atoms with van der Waals surface area (Å²) in [4.78, 5) is 15.1. The van der Waals surface area contributed by atoms with Gasteiger partial charge in [-0.2, -0.15) is 0 Å². The smallest absolute Gasteiger partial charge is 0.250 e. The van der Waals surface area contributed by atoms with Gasteiger partial charge in [-0.1, -0.05) is 44.5 Å². The van der Waals surface area contributed by atoms with E-state index in [9.17, 15) is 4.79 Å². The molecule has 2 aromatic rings. The lowest BCUT2D eigenvalue weighted by Gasteiger charge is -2.23. The third kappa shape index (κ3) is 3.57. The zero-order valence-electron chi connectivity index (χ0n) is 12.9. The van der Waals surface area contributed by atoms with E-state index < -0.39 is 5.91 Å². The molecule has 2 rings (SSSR count). The normalized spacial score (nSPS) is 11.3. The number of benzene rings is 1. The Kier molecular flexibility index (Phi) is 4.71. The molecular formula is C17H19ClN2O2. The van der Waals surface area contributed by atoms with Crippen LogP contribution in [0.4, 0.5) is 0 Å². The van der Waals surface area contributed by atoms with E-state index in [1.807, 2.05) is 24.3 Å². The number of hydrogen-bond acceptors (Lipinski definition) is 3. The van der Waals surface area contributed by atoms with E-state index in [4.69, 9.17) is 22.1 Å². The highest BCUT2D eigenvalue weighted by atomic mass is 35.5. The molecule has 0 unspecified atom stereocenters. The summed E-state index contributed by atoms with van der Waals surface area (Å²) in [5, 5.41) is 0.245. The molecule has 0 bridgehead atoms. The first-order valence-electron chi connectivity index (χ1n) is 7.07. The number of carbonyl (C=O) groups excluding carboxylic acids is 1. The second-order valence-electron chi connectivity index (χ2n) is 5.74. The van der Waals surface area contributed by atoms with E-state index in [1.165, 1.54) is 17.8 Å². The number of hydrogen-bond donors (Lipinski definition) is 1. The maximum Gasteiger partial charge on any atom is 0.250 e. The Morgan fingerprint density at radius 2 is 1.95 bits per heavy atom. The van der Waals surface area contributed by atoms with E-state index in [0.717, 1.165) is 6.42 Å². The number of amides is 1. The number of aromatic nitrogens is 1. The topological polar surface area (TPSA) is 65.2 Å². The lowest BCUT2D eigenvalue weighted by molar-refractivity contribution is 0.1000. The van der Waals surface area contributed by atoms with Gasteiger partial charge in [0.15, 0.2) is 0 Å². The molecule has 116 valence electrons. The summed E-state index contributed by atoms with van der Waals surface area (Å²) in [6, 6.07) is 9.27. The number of pyridine rings is 1. The zero-order valence-corrected chi connectivity index (χ0v) is 13.6. The summed E-state index contributed by atoms with van der Waals surface area (Å²) in [5.74, 6) is 0.304. The van der Waals surface area contributed by atoms with Crippen molar-refractivity contribution in [1.82, 2.24) is 4.98 Å². The van der Waals surface area contributed by atoms with Crippen molar-refractivity contribution in [2.45, 2.75) is 32.6 Å². The standard InChI is InChI=1S/C17H19ClN2O2/c1-4-17(2,3)12-5-7-13(8-6-12)22-16-14(18)9-11(10-20-16)15(19)21/h5-10H,4H2,1-3H3,(H2,19,21). The van der Waals surface area contributed by atoms with Crippen LogP contribution >= 0.6 is 11.6 Å². The summed E-state index contributed by atoms with van der Waals surface area (Å²) in [5.41, 5.74) is 6.79. The van der Waals surface area contributed by atoms with Gasteiger partial charge in [-0.25, -0.2) is 4.98 Å². The van der Waals surface area contributed by atoms with Crippen LogP contribution in [0.2, 0.25) is 5.02 Å². The summed E-state index contributed by atoms with van der Waals surface area (Å²) in [6.07, 6.45) is 2.40. The molecule has 5 heteroatoms. The van der Waals surface area contributed by atoms with Crippen molar-refractivity contribution in [1.29, 1.82) is 0 Å². The summed E-state index contributed by atoms with van der Waals surface area (Å²) in [6.45, 7) is 6.56. The minimum Gasteiger partial charge on any atom is -0.438 e. The van der Waals surface area contributed by atoms with Gasteiger partial charge in [0, 0.05) is 6.20 Å². The van der Waals surface area contributed by atoms with Crippen molar-refractivity contribution < 1.29 is 9.53 Å². The first-order valence-corrected chi connectivity index (χ1v) is 7.45. The van der Waals surface area contributed by atoms with E-state index in [0.29, 0.717) is 5.75 Å². The Labute approximate surface area is 135 Å². The molecule has 0 saturated carbocycles. The summed E-state index contributed by atoms with van der Waals surface area (Å²) in [7, 11) is 0. The number of nitrogens with zero attached hydrogens (tertiary/aromatic N) is 1. The molecule has 1 aromatic heterocycles. The van der Waals surface area contributed by atoms with Crippen LogP contribution in [0.5, 0.6) is 11.6 Å². The molecule has 0 saturated heterocycles. The molecule has 1 amide bonds. The van der Waals surface area contributed by atoms with Crippen LogP contribution in [-0.4, -0.2) is 10.9 Å². The number of ether oxygens (including phenoxy) is 1. The monoisotopic (exact) mass is 318 g/mol. The zero-order chi connectivity index (χ0) is 16.3. The number of nitrogens with two attached hydrogens (primary N) is 1. The molecule has 4 nitrogen and oxygen atoms in total. The number of carbonyl (C=O) groups is 1. The third-order valence-electron chi connectivity index (χ3n) is 3.83. The van der Waals surface area contributed by atoms with Gasteiger partial charge in [0.1, 0.15) is 10.8 Å². The quantitative estimate of drug-likeness (QED) is 0.893. The van der Waals surface area contributed by atoms with Crippen LogP contribution < -0.4 is 10.5 Å². The molecule has 22 heavy (non-hydrogen) atoms. The fourth-order valence-electron chi connectivity index (χ4n) is 1.93. The van der Waals surface area contributed by atoms with Gasteiger partial charge in [0.2, 0.25) is 11.8 Å². The average molecular weight is 319 g/mol. The number of rotatable bonds is 5. The second-order valence-corrected chi connectivity index (χ2v) is 6.15. The minimum atomic E-state index is -0.577. The molecule has 1 aromatic carbocycles. The van der Waals surface area contributed by atoms with E-state index in [1.54, 1.807) is 0 Å². The van der Waals surface area contributed by atoms with E-state index in [2.05, 4.69) is 25.8 Å². The third-order valence-corrected chi connectivity index (χ3v) is 4.10. The highest BCUT2D eigenvalue weighted by Crippen LogP contribution is 2.31. The summed E-state index contributed by atoms with van der Waals surface area (Å²) >= 11 is 6.05. The second kappa shape index (κ2) is 6.36. The average Bonchev–Trinajstić information content (AvgIpc) is 2.49. The molecule has 1 heterocycles. The molecule has 0 aliphatic rings. The first kappa shape index (κ1) is 16.3. The van der Waals surface area contributed by atoms with Crippen LogP contribution in [0, 0.1) is 0 Å². The van der Waals surface area contributed by atoms with Crippen molar-refractivity contribution in [2.75, 3.05) is 0 Å². The van der Waals surface area contributed by atoms with Gasteiger partial charge < -0.3 is 10.5 Å². The van der Waals surface area contributed by atoms with E-state index >= 15 is 0 Å². The number of primary amides is 1. The van der Waals surface area contributed by atoms with Gasteiger partial charge in [-0.3, -0.25) is 4.79 Å². The maximum atomic E-state index is 11.1. The molecular weight excluding hydrogens is 300 g/mol. The molecule has 0 aliphatic carbocycles. The lowest BCUT2D eigenvalue weighted by Crippen LogP contribution is -2.14. The first-order chi connectivity index (χ1) is 10.3. The lowest BCUT2D eigenvalue weighted by atomic mass is 9.82. The van der Waals surface area contributed by atoms with Crippen molar-refractivity contribution in [3.63, 3.8) is 0 Å². The highest BCUT2D eigenvalue weighted by molar-refractivity contribution is 6.32. The Bertz CT molecular complexity index is 682. The van der Waals surface area contributed by atoms with Gasteiger partial charge in [0.25, 0.3) is 0 Å². The summed E-state index contributed by atoms with van der Waals surface area (Å²) < 4.78 is 5.65. The fraction of sp³-hybridized carbons (Fsp3) is 0.294. The van der Waals surface area contributed by atoms with Crippen molar-refractivity contribution in [2.24, 2.45) is 5.73 Å². The van der Waals surface area contributed by atoms with Crippen LogP contribution in [0.3, 0.4) is 0 Å². The molecule has 0 aliphatic heterocycles. The van der Waals surface area contributed by atoms with Crippen LogP contribution in [0.1, 0.15) is 43.1 Å². The van der Waals surface area contributed by atoms with Crippen molar-refractivity contribution >= 4 is 17.5 Å². The molecule has 0 radical (unpaired) electrons. The Morgan fingerprint density at radius 1 is 1.32 bits per heavy atom. The van der Waals surface area contributed by atoms with Crippen LogP contribution in [0.25, 0.3) is 0 Å². The Hall–Kier alpha value is -2.07. The van der Waals surface area contributed by atoms with Gasteiger partial charge in [-0.05, 0) is 35.6 Å². The fourth-order valence-corrected chi connectivity index (χ4v) is 2.13. The number of halogens is 1. The maximum absolute atomic E-state index is 11.1. The van der Waals surface area contributed by atoms with E-state index in [-0.39, 0.29) is 21.9 Å².